The molecule has 4 heterocycles. The van der Waals surface area contributed by atoms with Gasteiger partial charge in [0.1, 0.15) is 12.4 Å². The van der Waals surface area contributed by atoms with Crippen molar-refractivity contribution in [2.75, 3.05) is 23.7 Å². The van der Waals surface area contributed by atoms with E-state index in [1.54, 1.807) is 13.0 Å². The molecule has 9 nitrogen and oxygen atoms in total. The van der Waals surface area contributed by atoms with Crippen LogP contribution in [0.2, 0.25) is 0 Å². The van der Waals surface area contributed by atoms with Gasteiger partial charge in [0, 0.05) is 23.5 Å². The fourth-order valence-electron chi connectivity index (χ4n) is 5.10. The number of aromatic nitrogens is 4. The number of H-pyrrole nitrogens is 1. The number of aryl methyl sites for hydroxylation is 2. The van der Waals surface area contributed by atoms with Gasteiger partial charge in [-0.15, -0.1) is 0 Å². The largest absolute Gasteiger partial charge is 0.433 e. The molecule has 3 N–H and O–H groups in total. The van der Waals surface area contributed by atoms with Gasteiger partial charge in [0.05, 0.1) is 41.1 Å². The number of nitrogens with two attached hydrogens (primary N) is 1. The van der Waals surface area contributed by atoms with Crippen LogP contribution in [0, 0.1) is 29.9 Å². The topological polar surface area (TPSA) is 126 Å². The highest BCUT2D eigenvalue weighted by molar-refractivity contribution is 6.13. The van der Waals surface area contributed by atoms with Crippen LogP contribution >= 0.6 is 0 Å². The highest BCUT2D eigenvalue weighted by Crippen LogP contribution is 2.36. The lowest BCUT2D eigenvalue weighted by Crippen LogP contribution is -2.29. The van der Waals surface area contributed by atoms with Crippen LogP contribution in [0.25, 0.3) is 16.6 Å². The number of ketones is 1. The van der Waals surface area contributed by atoms with Crippen LogP contribution in [0.5, 0.6) is 11.6 Å². The smallest absolute Gasteiger partial charge is 0.219 e. The average Bonchev–Trinajstić information content (AvgIpc) is 3.55. The zero-order valence-electron chi connectivity index (χ0n) is 21.4. The van der Waals surface area contributed by atoms with Crippen LogP contribution < -0.4 is 15.4 Å². The number of nitriles is 1. The molecule has 0 saturated heterocycles. The molecule has 0 unspecified atom stereocenters. The number of anilines is 2. The zero-order valence-corrected chi connectivity index (χ0v) is 21.4. The van der Waals surface area contributed by atoms with E-state index >= 15 is 0 Å². The number of nitrogens with zero attached hydrogens (tertiary/aromatic N) is 5. The Morgan fingerprint density at radius 1 is 1.20 bits per heavy atom. The maximum Gasteiger partial charge on any atom is 0.219 e. The third-order valence-corrected chi connectivity index (χ3v) is 7.02. The second-order valence-corrected chi connectivity index (χ2v) is 9.55. The highest BCUT2D eigenvalue weighted by atomic mass is 19.1. The van der Waals surface area contributed by atoms with Gasteiger partial charge in [-0.3, -0.25) is 4.79 Å². The summed E-state index contributed by atoms with van der Waals surface area (Å²) in [5, 5.41) is 14.5. The van der Waals surface area contributed by atoms with E-state index in [9.17, 15) is 18.8 Å². The number of aromatic amines is 1. The standard InChI is InChI=1S/C29H23F2N7O2/c1-16-12-25(40-28-20(30)5-2-6-21(28)31)34-15-24(16)38-29(33)19(14-35-38)27(39)23-13-18-22(36-23)8-7-17-4-3-10-37(11-9-32)26(17)18/h2,5-8,12-15,36H,3-4,10-11,33H2,1H3. The summed E-state index contributed by atoms with van der Waals surface area (Å²) < 4.78 is 34.7. The fraction of sp³-hybridized carbons (Fsp3) is 0.172. The van der Waals surface area contributed by atoms with Gasteiger partial charge in [-0.2, -0.15) is 10.4 Å². The number of pyridine rings is 1. The van der Waals surface area contributed by atoms with Crippen LogP contribution in [0.1, 0.15) is 33.6 Å². The van der Waals surface area contributed by atoms with Gasteiger partial charge in [0.15, 0.2) is 11.6 Å². The van der Waals surface area contributed by atoms with E-state index < -0.39 is 17.4 Å². The Morgan fingerprint density at radius 3 is 2.75 bits per heavy atom. The van der Waals surface area contributed by atoms with Crippen molar-refractivity contribution in [2.24, 2.45) is 0 Å². The summed E-state index contributed by atoms with van der Waals surface area (Å²) in [4.78, 5) is 22.9. The predicted octanol–water partition coefficient (Wildman–Crippen LogP) is 5.22. The number of hydrogen-bond donors (Lipinski definition) is 2. The molecule has 0 atom stereocenters. The number of nitrogens with one attached hydrogen (secondary N) is 1. The van der Waals surface area contributed by atoms with Crippen molar-refractivity contribution < 1.29 is 18.3 Å². The molecule has 11 heteroatoms. The summed E-state index contributed by atoms with van der Waals surface area (Å²) in [5.41, 5.74) is 10.9. The van der Waals surface area contributed by atoms with Crippen LogP contribution in [0.3, 0.4) is 0 Å². The summed E-state index contributed by atoms with van der Waals surface area (Å²) in [7, 11) is 0. The van der Waals surface area contributed by atoms with Crippen molar-refractivity contribution in [1.29, 1.82) is 5.26 Å². The molecule has 0 aliphatic carbocycles. The molecule has 200 valence electrons. The molecule has 5 aromatic rings. The molecule has 0 radical (unpaired) electrons. The van der Waals surface area contributed by atoms with Crippen LogP contribution in [0.4, 0.5) is 20.3 Å². The minimum absolute atomic E-state index is 0.0147. The van der Waals surface area contributed by atoms with Gasteiger partial charge < -0.3 is 20.4 Å². The van der Waals surface area contributed by atoms with Crippen molar-refractivity contribution >= 4 is 28.2 Å². The fourth-order valence-corrected chi connectivity index (χ4v) is 5.10. The quantitative estimate of drug-likeness (QED) is 0.224. The maximum atomic E-state index is 14.0. The van der Waals surface area contributed by atoms with Crippen molar-refractivity contribution in [3.63, 3.8) is 0 Å². The Balaban J connectivity index is 1.31. The first-order valence-corrected chi connectivity index (χ1v) is 12.6. The number of para-hydroxylation sites is 1. The summed E-state index contributed by atoms with van der Waals surface area (Å²) in [6.07, 6.45) is 4.67. The first-order valence-electron chi connectivity index (χ1n) is 12.6. The lowest BCUT2D eigenvalue weighted by Gasteiger charge is -2.29. The molecule has 0 bridgehead atoms. The van der Waals surface area contributed by atoms with Gasteiger partial charge in [-0.05, 0) is 55.2 Å². The number of carbonyl (C=O) groups is 1. The first-order chi connectivity index (χ1) is 19.4. The van der Waals surface area contributed by atoms with E-state index in [1.165, 1.54) is 29.2 Å². The van der Waals surface area contributed by atoms with E-state index in [2.05, 4.69) is 21.1 Å². The van der Waals surface area contributed by atoms with E-state index in [4.69, 9.17) is 10.5 Å². The molecule has 6 rings (SSSR count). The molecular formula is C29H23F2N7O2. The summed E-state index contributed by atoms with van der Waals surface area (Å²) in [6, 6.07) is 12.9. The molecule has 0 spiro atoms. The Kier molecular flexibility index (Phi) is 6.15. The van der Waals surface area contributed by atoms with Gasteiger partial charge in [0.25, 0.3) is 0 Å². The molecule has 1 aliphatic heterocycles. The van der Waals surface area contributed by atoms with E-state index in [0.717, 1.165) is 53.7 Å². The third kappa shape index (κ3) is 4.19. The van der Waals surface area contributed by atoms with Crippen LogP contribution in [-0.2, 0) is 6.42 Å². The third-order valence-electron chi connectivity index (χ3n) is 7.02. The summed E-state index contributed by atoms with van der Waals surface area (Å²) in [5.74, 6) is -2.49. The maximum absolute atomic E-state index is 14.0. The SMILES string of the molecule is Cc1cc(Oc2c(F)cccc2F)ncc1-n1ncc(C(=O)c2cc3c4c(ccc3[nH]2)CCCN4CC#N)c1N. The average molecular weight is 540 g/mol. The lowest BCUT2D eigenvalue weighted by atomic mass is 9.98. The van der Waals surface area contributed by atoms with Crippen LogP contribution in [-0.4, -0.2) is 38.6 Å². The first kappa shape index (κ1) is 25.1. The van der Waals surface area contributed by atoms with Crippen molar-refractivity contribution in [1.82, 2.24) is 19.7 Å². The Hall–Kier alpha value is -5.24. The van der Waals surface area contributed by atoms with Gasteiger partial charge in [-0.25, -0.2) is 18.4 Å². The molecule has 0 saturated carbocycles. The number of carbonyl (C=O) groups excluding carboxylic acids is 1. The number of nitrogen functional groups attached to an aromatic ring is 1. The molecule has 2 aromatic carbocycles. The zero-order chi connectivity index (χ0) is 28.0. The Bertz CT molecular complexity index is 1820. The van der Waals surface area contributed by atoms with Crippen molar-refractivity contribution in [2.45, 2.75) is 19.8 Å². The normalized spacial score (nSPS) is 12.8. The number of rotatable bonds is 6. The molecule has 1 aliphatic rings. The molecular weight excluding hydrogens is 516 g/mol. The van der Waals surface area contributed by atoms with E-state index in [-0.39, 0.29) is 29.6 Å². The summed E-state index contributed by atoms with van der Waals surface area (Å²) >= 11 is 0. The minimum atomic E-state index is -0.849. The van der Waals surface area contributed by atoms with E-state index in [1.807, 2.05) is 17.0 Å². The highest BCUT2D eigenvalue weighted by Gasteiger charge is 2.24. The van der Waals surface area contributed by atoms with Crippen LogP contribution in [0.15, 0.2) is 54.9 Å². The Labute approximate surface area is 227 Å². The minimum Gasteiger partial charge on any atom is -0.433 e. The Morgan fingerprint density at radius 2 is 2.00 bits per heavy atom. The monoisotopic (exact) mass is 539 g/mol. The summed E-state index contributed by atoms with van der Waals surface area (Å²) in [6.45, 7) is 2.78. The van der Waals surface area contributed by atoms with Crippen molar-refractivity contribution in [3.05, 3.63) is 88.9 Å². The number of hydrogen-bond acceptors (Lipinski definition) is 7. The number of ether oxygens (including phenoxy) is 1. The second-order valence-electron chi connectivity index (χ2n) is 9.55. The number of halogens is 2. The van der Waals surface area contributed by atoms with E-state index in [0.29, 0.717) is 16.9 Å². The molecule has 40 heavy (non-hydrogen) atoms. The van der Waals surface area contributed by atoms with Gasteiger partial charge in [0.2, 0.25) is 17.4 Å². The number of benzene rings is 2. The second kappa shape index (κ2) is 9.81. The predicted molar refractivity (Wildman–Crippen MR) is 145 cm³/mol. The molecule has 0 fully saturated rings. The van der Waals surface area contributed by atoms with Gasteiger partial charge >= 0.3 is 0 Å². The van der Waals surface area contributed by atoms with Gasteiger partial charge in [-0.1, -0.05) is 12.1 Å². The molecule has 0 amide bonds. The van der Waals surface area contributed by atoms with Crippen molar-refractivity contribution in [3.8, 4) is 23.4 Å². The molecule has 3 aromatic heterocycles. The number of fused-ring (bicyclic) bond motifs is 3. The lowest BCUT2D eigenvalue weighted by molar-refractivity contribution is 0.103.